The Morgan fingerprint density at radius 2 is 2.00 bits per heavy atom. The molecule has 0 spiro atoms. The number of aliphatic hydroxyl groups excluding tert-OH is 1. The molecule has 0 bridgehead atoms. The van der Waals surface area contributed by atoms with E-state index in [4.69, 9.17) is 0 Å². The van der Waals surface area contributed by atoms with E-state index in [0.717, 1.165) is 0 Å². The van der Waals surface area contributed by atoms with Crippen molar-refractivity contribution in [1.29, 1.82) is 0 Å². The number of benzene rings is 1. The summed E-state index contributed by atoms with van der Waals surface area (Å²) in [5.41, 5.74) is 1.22. The highest BCUT2D eigenvalue weighted by Crippen LogP contribution is 2.17. The lowest BCUT2D eigenvalue weighted by atomic mass is 10.0. The van der Waals surface area contributed by atoms with Crippen LogP contribution in [0.1, 0.15) is 24.3 Å². The van der Waals surface area contributed by atoms with E-state index in [2.05, 4.69) is 10.3 Å². The number of carbonyl (C=O) groups is 1. The van der Waals surface area contributed by atoms with E-state index in [1.807, 2.05) is 6.07 Å². The summed E-state index contributed by atoms with van der Waals surface area (Å²) in [6.45, 7) is 1.68. The minimum absolute atomic E-state index is 0.334. The highest BCUT2D eigenvalue weighted by molar-refractivity contribution is 5.91. The summed E-state index contributed by atoms with van der Waals surface area (Å²) in [5, 5.41) is 12.8. The Morgan fingerprint density at radius 1 is 1.27 bits per heavy atom. The van der Waals surface area contributed by atoms with Gasteiger partial charge in [-0.15, -0.1) is 0 Å². The van der Waals surface area contributed by atoms with E-state index in [0.29, 0.717) is 11.3 Å². The number of pyridine rings is 1. The van der Waals surface area contributed by atoms with Gasteiger partial charge in [0.2, 0.25) is 5.91 Å². The van der Waals surface area contributed by atoms with Crippen LogP contribution in [-0.4, -0.2) is 22.0 Å². The molecule has 2 rings (SSSR count). The first kappa shape index (κ1) is 15.9. The molecule has 2 atom stereocenters. The lowest BCUT2D eigenvalue weighted by molar-refractivity contribution is -0.117. The van der Waals surface area contributed by atoms with Crippen LogP contribution in [0.5, 0.6) is 0 Å². The minimum atomic E-state index is -0.909. The predicted octanol–water partition coefficient (Wildman–Crippen LogP) is 2.47. The number of carbonyl (C=O) groups excluding carboxylic acids is 1. The summed E-state index contributed by atoms with van der Waals surface area (Å²) in [7, 11) is 0. The van der Waals surface area contributed by atoms with Crippen molar-refractivity contribution in [3.05, 3.63) is 71.8 Å². The number of rotatable bonds is 5. The molecule has 5 heteroatoms. The first-order chi connectivity index (χ1) is 10.6. The third-order valence-corrected chi connectivity index (χ3v) is 3.15. The predicted molar refractivity (Wildman–Crippen MR) is 82.2 cm³/mol. The van der Waals surface area contributed by atoms with Gasteiger partial charge in [0.25, 0.3) is 0 Å². The topological polar surface area (TPSA) is 62.2 Å². The van der Waals surface area contributed by atoms with E-state index in [1.54, 1.807) is 31.3 Å². The van der Waals surface area contributed by atoms with Crippen molar-refractivity contribution in [2.75, 3.05) is 0 Å². The first-order valence-electron chi connectivity index (χ1n) is 6.89. The zero-order chi connectivity index (χ0) is 15.9. The largest absolute Gasteiger partial charge is 0.386 e. The molecule has 1 aromatic heterocycles. The van der Waals surface area contributed by atoms with Crippen LogP contribution in [0.3, 0.4) is 0 Å². The summed E-state index contributed by atoms with van der Waals surface area (Å²) < 4.78 is 12.9. The summed E-state index contributed by atoms with van der Waals surface area (Å²) >= 11 is 0. The maximum atomic E-state index is 12.9. The molecule has 4 nitrogen and oxygen atoms in total. The van der Waals surface area contributed by atoms with E-state index < -0.39 is 12.1 Å². The Bertz CT molecular complexity index is 641. The summed E-state index contributed by atoms with van der Waals surface area (Å²) in [5.74, 6) is -0.703. The summed E-state index contributed by atoms with van der Waals surface area (Å²) in [4.78, 5) is 15.9. The van der Waals surface area contributed by atoms with Gasteiger partial charge in [-0.1, -0.05) is 18.2 Å². The third-order valence-electron chi connectivity index (χ3n) is 3.15. The molecule has 0 saturated carbocycles. The second kappa shape index (κ2) is 7.47. The molecule has 2 N–H and O–H groups in total. The molecule has 114 valence electrons. The second-order valence-electron chi connectivity index (χ2n) is 4.88. The lowest BCUT2D eigenvalue weighted by Crippen LogP contribution is -2.36. The van der Waals surface area contributed by atoms with Crippen LogP contribution in [0.2, 0.25) is 0 Å². The van der Waals surface area contributed by atoms with Crippen molar-refractivity contribution in [2.45, 2.75) is 19.1 Å². The van der Waals surface area contributed by atoms with Gasteiger partial charge in [0, 0.05) is 12.3 Å². The molecular weight excluding hydrogens is 283 g/mol. The van der Waals surface area contributed by atoms with Crippen molar-refractivity contribution < 1.29 is 14.3 Å². The van der Waals surface area contributed by atoms with Crippen LogP contribution in [0.15, 0.2) is 54.7 Å². The van der Waals surface area contributed by atoms with Crippen LogP contribution >= 0.6 is 0 Å². The van der Waals surface area contributed by atoms with Crippen molar-refractivity contribution in [3.8, 4) is 0 Å². The quantitative estimate of drug-likeness (QED) is 0.834. The second-order valence-corrected chi connectivity index (χ2v) is 4.88. The zero-order valence-electron chi connectivity index (χ0n) is 12.1. The fourth-order valence-corrected chi connectivity index (χ4v) is 1.94. The maximum Gasteiger partial charge on any atom is 0.244 e. The Kier molecular flexibility index (Phi) is 5.38. The van der Waals surface area contributed by atoms with Gasteiger partial charge in [0.1, 0.15) is 5.82 Å². The number of aliphatic hydroxyl groups is 1. The summed E-state index contributed by atoms with van der Waals surface area (Å²) in [6.07, 6.45) is 3.67. The Morgan fingerprint density at radius 3 is 2.64 bits per heavy atom. The molecule has 22 heavy (non-hydrogen) atoms. The maximum absolute atomic E-state index is 12.9. The molecule has 2 aromatic rings. The fraction of sp³-hybridized carbons (Fsp3) is 0.176. The first-order valence-corrected chi connectivity index (χ1v) is 6.89. The molecule has 0 aliphatic rings. The Balaban J connectivity index is 1.93. The molecule has 2 unspecified atom stereocenters. The van der Waals surface area contributed by atoms with Crippen LogP contribution in [0.4, 0.5) is 4.39 Å². The van der Waals surface area contributed by atoms with Crippen molar-refractivity contribution in [3.63, 3.8) is 0 Å². The average molecular weight is 300 g/mol. The van der Waals surface area contributed by atoms with E-state index in [9.17, 15) is 14.3 Å². The van der Waals surface area contributed by atoms with Gasteiger partial charge in [-0.3, -0.25) is 9.78 Å². The van der Waals surface area contributed by atoms with Crippen molar-refractivity contribution in [1.82, 2.24) is 10.3 Å². The molecule has 0 fully saturated rings. The molecule has 0 radical (unpaired) electrons. The van der Waals surface area contributed by atoms with Gasteiger partial charge >= 0.3 is 0 Å². The minimum Gasteiger partial charge on any atom is -0.386 e. The Labute approximate surface area is 128 Å². The van der Waals surface area contributed by atoms with E-state index >= 15 is 0 Å². The normalized spacial score (nSPS) is 13.8. The molecule has 0 aliphatic heterocycles. The van der Waals surface area contributed by atoms with Gasteiger partial charge < -0.3 is 10.4 Å². The highest BCUT2D eigenvalue weighted by atomic mass is 19.1. The van der Waals surface area contributed by atoms with E-state index in [-0.39, 0.29) is 11.7 Å². The van der Waals surface area contributed by atoms with Gasteiger partial charge in [-0.25, -0.2) is 4.39 Å². The number of nitrogens with one attached hydrogen (secondary N) is 1. The fourth-order valence-electron chi connectivity index (χ4n) is 1.94. The van der Waals surface area contributed by atoms with Crippen LogP contribution in [0, 0.1) is 5.82 Å². The zero-order valence-corrected chi connectivity index (χ0v) is 12.1. The van der Waals surface area contributed by atoms with Crippen LogP contribution < -0.4 is 5.32 Å². The molecule has 1 heterocycles. The number of aromatic nitrogens is 1. The van der Waals surface area contributed by atoms with Crippen molar-refractivity contribution >= 4 is 12.0 Å². The van der Waals surface area contributed by atoms with Gasteiger partial charge in [0.05, 0.1) is 17.8 Å². The van der Waals surface area contributed by atoms with Crippen LogP contribution in [0.25, 0.3) is 6.08 Å². The third kappa shape index (κ3) is 4.49. The number of nitrogens with zero attached hydrogens (tertiary/aromatic N) is 1. The van der Waals surface area contributed by atoms with Crippen LogP contribution in [-0.2, 0) is 4.79 Å². The van der Waals surface area contributed by atoms with Gasteiger partial charge in [0.15, 0.2) is 0 Å². The molecule has 0 aliphatic carbocycles. The number of hydrogen-bond acceptors (Lipinski definition) is 3. The SMILES string of the molecule is CC(NC(=O)/C=C/c1ccccn1)C(O)c1ccc(F)cc1. The standard InChI is InChI=1S/C17H17FN2O2/c1-12(17(22)13-5-7-14(18)8-6-13)20-16(21)10-9-15-4-2-3-11-19-15/h2-12,17,22H,1H3,(H,20,21)/b10-9+. The van der Waals surface area contributed by atoms with Gasteiger partial charge in [-0.2, -0.15) is 0 Å². The molecule has 0 saturated heterocycles. The monoisotopic (exact) mass is 300 g/mol. The summed E-state index contributed by atoms with van der Waals surface area (Å²) in [6, 6.07) is 10.4. The van der Waals surface area contributed by atoms with Crippen molar-refractivity contribution in [2.24, 2.45) is 0 Å². The Hall–Kier alpha value is -2.53. The number of amides is 1. The number of halogens is 1. The molecule has 1 aromatic carbocycles. The molecule has 1 amide bonds. The van der Waals surface area contributed by atoms with E-state index in [1.165, 1.54) is 30.3 Å². The highest BCUT2D eigenvalue weighted by Gasteiger charge is 2.17. The number of hydrogen-bond donors (Lipinski definition) is 2. The average Bonchev–Trinajstić information content (AvgIpc) is 2.54. The molecular formula is C17H17FN2O2. The van der Waals surface area contributed by atoms with Gasteiger partial charge in [-0.05, 0) is 42.8 Å². The smallest absolute Gasteiger partial charge is 0.244 e. The lowest BCUT2D eigenvalue weighted by Gasteiger charge is -2.19.